The summed E-state index contributed by atoms with van der Waals surface area (Å²) in [4.78, 5) is 20.9. The van der Waals surface area contributed by atoms with E-state index in [1.165, 1.54) is 33.5 Å². The molecule has 3 aromatic rings. The zero-order valence-corrected chi connectivity index (χ0v) is 27.1. The first kappa shape index (κ1) is 32.8. The molecule has 0 aliphatic carbocycles. The monoisotopic (exact) mass is 573 g/mol. The van der Waals surface area contributed by atoms with Crippen LogP contribution in [0, 0.1) is 12.7 Å². The Kier molecular flexibility index (Phi) is 11.3. The molecule has 0 spiro atoms. The number of fused-ring (bicyclic) bond motifs is 1. The highest BCUT2D eigenvalue weighted by Crippen LogP contribution is 2.34. The number of nitrogens with one attached hydrogen (secondary N) is 1. The van der Waals surface area contributed by atoms with Crippen LogP contribution in [-0.2, 0) is 7.05 Å². The van der Waals surface area contributed by atoms with E-state index < -0.39 is 0 Å². The van der Waals surface area contributed by atoms with Crippen LogP contribution < -0.4 is 5.32 Å². The van der Waals surface area contributed by atoms with Gasteiger partial charge in [-0.05, 0) is 86.2 Å². The molecular formula is C35H48FN5O. The summed E-state index contributed by atoms with van der Waals surface area (Å²) in [6.07, 6.45) is 10.0. The third-order valence-corrected chi connectivity index (χ3v) is 8.11. The van der Waals surface area contributed by atoms with Crippen molar-refractivity contribution in [2.45, 2.75) is 60.4 Å². The summed E-state index contributed by atoms with van der Waals surface area (Å²) in [7, 11) is 7.39. The van der Waals surface area contributed by atoms with Crippen molar-refractivity contribution in [3.63, 3.8) is 0 Å². The topological polar surface area (TPSA) is 53.4 Å². The molecule has 7 heteroatoms. The number of allylic oxidation sites excluding steroid dienone is 4. The molecule has 0 saturated heterocycles. The summed E-state index contributed by atoms with van der Waals surface area (Å²) in [6, 6.07) is 7.69. The molecule has 1 aliphatic heterocycles. The molecule has 0 saturated carbocycles. The molecule has 6 nitrogen and oxygen atoms in total. The van der Waals surface area contributed by atoms with Gasteiger partial charge in [0.1, 0.15) is 11.5 Å². The van der Waals surface area contributed by atoms with Crippen LogP contribution >= 0.6 is 0 Å². The first-order valence-electron chi connectivity index (χ1n) is 15.0. The molecule has 1 unspecified atom stereocenters. The molecule has 2 aromatic heterocycles. The number of pyridine rings is 1. The first-order valence-corrected chi connectivity index (χ1v) is 15.0. The number of carbonyl (C=O) groups is 1. The van der Waals surface area contributed by atoms with Crippen molar-refractivity contribution in [3.05, 3.63) is 88.2 Å². The Balaban J connectivity index is 0.00000237. The molecular weight excluding hydrogens is 525 g/mol. The molecule has 1 N–H and O–H groups in total. The fraction of sp³-hybridized carbons (Fsp3) is 0.429. The van der Waals surface area contributed by atoms with E-state index >= 15 is 4.39 Å². The Morgan fingerprint density at radius 1 is 1.21 bits per heavy atom. The maximum absolute atomic E-state index is 15.2. The van der Waals surface area contributed by atoms with Gasteiger partial charge in [0.15, 0.2) is 0 Å². The summed E-state index contributed by atoms with van der Waals surface area (Å²) < 4.78 is 17.4. The first-order chi connectivity index (χ1) is 20.1. The average Bonchev–Trinajstić information content (AvgIpc) is 3.34. The lowest BCUT2D eigenvalue weighted by Gasteiger charge is -2.32. The van der Waals surface area contributed by atoms with Gasteiger partial charge < -0.3 is 14.8 Å². The van der Waals surface area contributed by atoms with Crippen LogP contribution in [-0.4, -0.2) is 59.5 Å². The number of aryl methyl sites for hydroxylation is 2. The van der Waals surface area contributed by atoms with E-state index in [0.717, 1.165) is 48.1 Å². The van der Waals surface area contributed by atoms with E-state index in [9.17, 15) is 4.79 Å². The summed E-state index contributed by atoms with van der Waals surface area (Å²) in [5.74, 6) is -0.520. The Bertz CT molecular complexity index is 1480. The number of aromatic nitrogens is 2. The van der Waals surface area contributed by atoms with Crippen molar-refractivity contribution >= 4 is 28.1 Å². The molecule has 0 fully saturated rings. The van der Waals surface area contributed by atoms with Gasteiger partial charge in [0, 0.05) is 81.4 Å². The van der Waals surface area contributed by atoms with E-state index in [4.69, 9.17) is 4.98 Å². The highest BCUT2D eigenvalue weighted by atomic mass is 19.1. The fourth-order valence-electron chi connectivity index (χ4n) is 5.66. The van der Waals surface area contributed by atoms with E-state index in [-0.39, 0.29) is 17.8 Å². The Hall–Kier alpha value is -3.71. The highest BCUT2D eigenvalue weighted by Gasteiger charge is 2.25. The Labute approximate surface area is 251 Å². The van der Waals surface area contributed by atoms with Crippen molar-refractivity contribution < 1.29 is 9.18 Å². The number of halogens is 1. The van der Waals surface area contributed by atoms with E-state index in [2.05, 4.69) is 73.0 Å². The summed E-state index contributed by atoms with van der Waals surface area (Å²) in [6.45, 7) is 13.9. The zero-order valence-electron chi connectivity index (χ0n) is 27.1. The maximum Gasteiger partial charge on any atom is 0.253 e. The summed E-state index contributed by atoms with van der Waals surface area (Å²) in [5, 5.41) is 4.39. The molecule has 4 rings (SSSR count). The number of amides is 1. The van der Waals surface area contributed by atoms with Gasteiger partial charge in [-0.3, -0.25) is 9.69 Å². The second kappa shape index (κ2) is 14.5. The number of carbonyl (C=O) groups excluding carboxylic acids is 1. The fourth-order valence-corrected chi connectivity index (χ4v) is 5.66. The van der Waals surface area contributed by atoms with E-state index in [1.54, 1.807) is 20.2 Å². The van der Waals surface area contributed by atoms with Gasteiger partial charge in [-0.15, -0.1) is 0 Å². The lowest BCUT2D eigenvalue weighted by atomic mass is 9.92. The number of hydrogen-bond donors (Lipinski definition) is 1. The van der Waals surface area contributed by atoms with Crippen LogP contribution in [0.3, 0.4) is 0 Å². The largest absolute Gasteiger partial charge is 0.391 e. The minimum atomic E-state index is -0.329. The van der Waals surface area contributed by atoms with Gasteiger partial charge in [0.05, 0.1) is 0 Å². The molecule has 3 heterocycles. The van der Waals surface area contributed by atoms with Gasteiger partial charge in [0.2, 0.25) is 0 Å². The molecule has 1 aliphatic rings. The van der Waals surface area contributed by atoms with E-state index in [1.807, 2.05) is 34.0 Å². The average molecular weight is 574 g/mol. The third kappa shape index (κ3) is 6.84. The smallest absolute Gasteiger partial charge is 0.253 e. The number of hydrogen-bond acceptors (Lipinski definition) is 4. The second-order valence-electron chi connectivity index (χ2n) is 10.9. The third-order valence-electron chi connectivity index (χ3n) is 8.11. The lowest BCUT2D eigenvalue weighted by molar-refractivity contribution is 0.0827. The quantitative estimate of drug-likeness (QED) is 0.283. The molecule has 0 radical (unpaired) electrons. The van der Waals surface area contributed by atoms with Crippen LogP contribution in [0.25, 0.3) is 22.2 Å². The minimum Gasteiger partial charge on any atom is -0.391 e. The van der Waals surface area contributed by atoms with Crippen LogP contribution in [0.1, 0.15) is 86.2 Å². The molecule has 1 atom stereocenters. The number of benzene rings is 1. The van der Waals surface area contributed by atoms with E-state index in [0.29, 0.717) is 11.1 Å². The lowest BCUT2D eigenvalue weighted by Crippen LogP contribution is -2.32. The molecule has 1 amide bonds. The SMILES string of the molecule is CC.CC/C(=C\C=C(/C)c1ccnc2c1cc(C(C)N1CC=C(c3c(C)cc(C(=O)N(C)C)cc3F)CC1)n2C)NC. The number of nitrogens with zero attached hydrogens (tertiary/aromatic N) is 4. The van der Waals surface area contributed by atoms with Gasteiger partial charge in [0.25, 0.3) is 5.91 Å². The zero-order chi connectivity index (χ0) is 31.1. The van der Waals surface area contributed by atoms with Crippen molar-refractivity contribution in [2.75, 3.05) is 34.2 Å². The van der Waals surface area contributed by atoms with Gasteiger partial charge in [-0.2, -0.15) is 0 Å². The standard InChI is InChI=1S/C33H42FN5O.C2H6/c1-9-26(35-5)11-10-21(2)27-12-15-36-32-28(27)20-30(38(32)8)23(4)39-16-13-24(14-17-39)31-22(3)18-25(19-29(31)34)33(40)37(6)7;1-2/h10-13,15,18-20,23,35H,9,14,16-17H2,1-8H3;1-2H3/b21-10+,26-11+;. The van der Waals surface area contributed by atoms with Crippen molar-refractivity contribution in [1.29, 1.82) is 0 Å². The van der Waals surface area contributed by atoms with Crippen LogP contribution in [0.15, 0.2) is 54.4 Å². The van der Waals surface area contributed by atoms with Crippen LogP contribution in [0.4, 0.5) is 4.39 Å². The molecule has 226 valence electrons. The molecule has 0 bridgehead atoms. The molecule has 42 heavy (non-hydrogen) atoms. The predicted octanol–water partition coefficient (Wildman–Crippen LogP) is 7.52. The van der Waals surface area contributed by atoms with Crippen molar-refractivity contribution in [1.82, 2.24) is 24.7 Å². The Morgan fingerprint density at radius 2 is 1.93 bits per heavy atom. The summed E-state index contributed by atoms with van der Waals surface area (Å²) >= 11 is 0. The van der Waals surface area contributed by atoms with Gasteiger partial charge in [-0.1, -0.05) is 32.9 Å². The maximum atomic E-state index is 15.2. The highest BCUT2D eigenvalue weighted by molar-refractivity contribution is 5.94. The van der Waals surface area contributed by atoms with Crippen LogP contribution in [0.2, 0.25) is 0 Å². The predicted molar refractivity (Wildman–Crippen MR) is 175 cm³/mol. The van der Waals surface area contributed by atoms with Crippen molar-refractivity contribution in [3.8, 4) is 0 Å². The normalized spacial score (nSPS) is 15.2. The Morgan fingerprint density at radius 3 is 2.50 bits per heavy atom. The summed E-state index contributed by atoms with van der Waals surface area (Å²) in [5.41, 5.74) is 8.55. The number of rotatable bonds is 8. The van der Waals surface area contributed by atoms with Gasteiger partial charge in [-0.25, -0.2) is 9.37 Å². The molecule has 1 aromatic carbocycles. The van der Waals surface area contributed by atoms with Crippen molar-refractivity contribution in [2.24, 2.45) is 7.05 Å². The van der Waals surface area contributed by atoms with Crippen LogP contribution in [0.5, 0.6) is 0 Å². The van der Waals surface area contributed by atoms with Gasteiger partial charge >= 0.3 is 0 Å². The second-order valence-corrected chi connectivity index (χ2v) is 10.9. The minimum absolute atomic E-state index is 0.163.